The fraction of sp³-hybridized carbons (Fsp3) is 0.0500. The molecule has 0 heterocycles. The van der Waals surface area contributed by atoms with E-state index in [0.29, 0.717) is 16.1 Å². The van der Waals surface area contributed by atoms with Gasteiger partial charge in [0.2, 0.25) is 0 Å². The number of rotatable bonds is 5. The molecule has 2 N–H and O–H groups in total. The lowest BCUT2D eigenvalue weighted by Crippen LogP contribution is -2.16. The monoisotopic (exact) mass is 498 g/mol. The molecule has 3 aromatic carbocycles. The van der Waals surface area contributed by atoms with E-state index in [-0.39, 0.29) is 16.3 Å². The van der Waals surface area contributed by atoms with Crippen LogP contribution in [0.2, 0.25) is 0 Å². The maximum atomic E-state index is 12.8. The summed E-state index contributed by atoms with van der Waals surface area (Å²) in [7, 11) is -4.18. The molecule has 0 bridgehead atoms. The highest BCUT2D eigenvalue weighted by Crippen LogP contribution is 2.31. The fourth-order valence-corrected chi connectivity index (χ4v) is 4.12. The lowest BCUT2D eigenvalue weighted by molar-refractivity contribution is -0.137. The topological polar surface area (TPSA) is 75.3 Å². The molecule has 0 saturated carbocycles. The SMILES string of the molecule is O=C(Nc1cccc(S(=O)(=O)Nc2cccc(C(F)(F)F)c2)c1)c1ccccc1Br. The zero-order valence-electron chi connectivity index (χ0n) is 15.1. The van der Waals surface area contributed by atoms with Gasteiger partial charge in [0, 0.05) is 15.8 Å². The van der Waals surface area contributed by atoms with Gasteiger partial charge in [-0.15, -0.1) is 0 Å². The Labute approximate surface area is 179 Å². The maximum absolute atomic E-state index is 12.8. The molecule has 156 valence electrons. The minimum absolute atomic E-state index is 0.211. The smallest absolute Gasteiger partial charge is 0.322 e. The van der Waals surface area contributed by atoms with Crippen molar-refractivity contribution in [3.8, 4) is 0 Å². The molecule has 3 aromatic rings. The van der Waals surface area contributed by atoms with Crippen molar-refractivity contribution in [1.29, 1.82) is 0 Å². The van der Waals surface area contributed by atoms with Gasteiger partial charge in [-0.3, -0.25) is 9.52 Å². The average Bonchev–Trinajstić information content (AvgIpc) is 2.68. The van der Waals surface area contributed by atoms with E-state index in [0.717, 1.165) is 12.1 Å². The lowest BCUT2D eigenvalue weighted by atomic mass is 10.2. The third-order valence-corrected chi connectivity index (χ3v) is 6.03. The number of amides is 1. The summed E-state index contributed by atoms with van der Waals surface area (Å²) in [5, 5.41) is 2.59. The van der Waals surface area contributed by atoms with E-state index in [1.807, 2.05) is 0 Å². The normalized spacial score (nSPS) is 11.7. The van der Waals surface area contributed by atoms with Crippen LogP contribution in [0.4, 0.5) is 24.5 Å². The number of hydrogen-bond donors (Lipinski definition) is 2. The number of alkyl halides is 3. The number of carbonyl (C=O) groups is 1. The van der Waals surface area contributed by atoms with Crippen molar-refractivity contribution >= 4 is 43.2 Å². The van der Waals surface area contributed by atoms with Gasteiger partial charge in [0.05, 0.1) is 16.0 Å². The van der Waals surface area contributed by atoms with E-state index in [1.165, 1.54) is 30.3 Å². The first-order valence-electron chi connectivity index (χ1n) is 8.42. The molecule has 0 unspecified atom stereocenters. The van der Waals surface area contributed by atoms with Gasteiger partial charge in [0.25, 0.3) is 15.9 Å². The Morgan fingerprint density at radius 3 is 2.23 bits per heavy atom. The number of benzene rings is 3. The highest BCUT2D eigenvalue weighted by Gasteiger charge is 2.30. The Kier molecular flexibility index (Phi) is 6.18. The molecule has 0 spiro atoms. The second-order valence-corrected chi connectivity index (χ2v) is 8.68. The molecule has 0 fully saturated rings. The van der Waals surface area contributed by atoms with Crippen LogP contribution in [0.3, 0.4) is 0 Å². The molecule has 30 heavy (non-hydrogen) atoms. The first kappa shape index (κ1) is 21.8. The summed E-state index contributed by atoms with van der Waals surface area (Å²) in [6.07, 6.45) is -4.60. The standard InChI is InChI=1S/C20H14BrF3N2O3S/c21-18-10-2-1-9-17(18)19(27)25-14-6-4-8-16(12-14)30(28,29)26-15-7-3-5-13(11-15)20(22,23)24/h1-12,26H,(H,25,27). The molecule has 0 aliphatic rings. The van der Waals surface area contributed by atoms with Crippen LogP contribution in [0.15, 0.2) is 82.2 Å². The van der Waals surface area contributed by atoms with Crippen LogP contribution in [0.25, 0.3) is 0 Å². The molecule has 0 saturated heterocycles. The second kappa shape index (κ2) is 8.49. The third kappa shape index (κ3) is 5.19. The summed E-state index contributed by atoms with van der Waals surface area (Å²) >= 11 is 3.27. The van der Waals surface area contributed by atoms with Crippen molar-refractivity contribution in [3.63, 3.8) is 0 Å². The van der Waals surface area contributed by atoms with Gasteiger partial charge in [-0.2, -0.15) is 13.2 Å². The number of carbonyl (C=O) groups excluding carboxylic acids is 1. The minimum Gasteiger partial charge on any atom is -0.322 e. The van der Waals surface area contributed by atoms with E-state index >= 15 is 0 Å². The molecule has 3 rings (SSSR count). The molecule has 0 aliphatic carbocycles. The Balaban J connectivity index is 1.83. The summed E-state index contributed by atoms with van der Waals surface area (Å²) in [4.78, 5) is 12.2. The summed E-state index contributed by atoms with van der Waals surface area (Å²) < 4.78 is 66.4. The summed E-state index contributed by atoms with van der Waals surface area (Å²) in [5.74, 6) is -0.456. The Bertz CT molecular complexity index is 1200. The van der Waals surface area contributed by atoms with Crippen LogP contribution in [-0.2, 0) is 16.2 Å². The third-order valence-electron chi connectivity index (χ3n) is 3.96. The van der Waals surface area contributed by atoms with Gasteiger partial charge in [-0.05, 0) is 64.5 Å². The van der Waals surface area contributed by atoms with Gasteiger partial charge < -0.3 is 5.32 Å². The number of sulfonamides is 1. The van der Waals surface area contributed by atoms with Crippen molar-refractivity contribution in [2.24, 2.45) is 0 Å². The molecule has 0 atom stereocenters. The van der Waals surface area contributed by atoms with Crippen LogP contribution in [-0.4, -0.2) is 14.3 Å². The molecular formula is C20H14BrF3N2O3S. The number of halogens is 4. The van der Waals surface area contributed by atoms with Crippen molar-refractivity contribution in [2.45, 2.75) is 11.1 Å². The number of anilines is 2. The molecular weight excluding hydrogens is 485 g/mol. The number of nitrogens with one attached hydrogen (secondary N) is 2. The minimum atomic E-state index is -4.60. The van der Waals surface area contributed by atoms with Gasteiger partial charge in [-0.1, -0.05) is 24.3 Å². The molecule has 0 aliphatic heterocycles. The van der Waals surface area contributed by atoms with Crippen molar-refractivity contribution < 1.29 is 26.4 Å². The van der Waals surface area contributed by atoms with E-state index in [1.54, 1.807) is 24.3 Å². The van der Waals surface area contributed by atoms with Crippen LogP contribution in [0.5, 0.6) is 0 Å². The first-order valence-corrected chi connectivity index (χ1v) is 10.7. The highest BCUT2D eigenvalue weighted by atomic mass is 79.9. The van der Waals surface area contributed by atoms with Gasteiger partial charge in [0.1, 0.15) is 0 Å². The molecule has 1 amide bonds. The largest absolute Gasteiger partial charge is 0.416 e. The quantitative estimate of drug-likeness (QED) is 0.486. The van der Waals surface area contributed by atoms with Crippen LogP contribution in [0.1, 0.15) is 15.9 Å². The van der Waals surface area contributed by atoms with Gasteiger partial charge >= 0.3 is 6.18 Å². The van der Waals surface area contributed by atoms with E-state index in [4.69, 9.17) is 0 Å². The van der Waals surface area contributed by atoms with E-state index in [2.05, 4.69) is 26.0 Å². The fourth-order valence-electron chi connectivity index (χ4n) is 2.56. The van der Waals surface area contributed by atoms with E-state index in [9.17, 15) is 26.4 Å². The Hall–Kier alpha value is -2.85. The highest BCUT2D eigenvalue weighted by molar-refractivity contribution is 9.10. The number of hydrogen-bond acceptors (Lipinski definition) is 3. The first-order chi connectivity index (χ1) is 14.1. The van der Waals surface area contributed by atoms with Crippen LogP contribution < -0.4 is 10.0 Å². The predicted molar refractivity (Wildman–Crippen MR) is 111 cm³/mol. The predicted octanol–water partition coefficient (Wildman–Crippen LogP) is 5.52. The Morgan fingerprint density at radius 1 is 0.867 bits per heavy atom. The zero-order chi connectivity index (χ0) is 21.9. The second-order valence-electron chi connectivity index (χ2n) is 6.15. The van der Waals surface area contributed by atoms with Crippen molar-refractivity contribution in [2.75, 3.05) is 10.0 Å². The van der Waals surface area contributed by atoms with E-state index < -0.39 is 27.7 Å². The zero-order valence-corrected chi connectivity index (χ0v) is 17.5. The van der Waals surface area contributed by atoms with Gasteiger partial charge in [0.15, 0.2) is 0 Å². The Morgan fingerprint density at radius 2 is 1.53 bits per heavy atom. The van der Waals surface area contributed by atoms with Crippen molar-refractivity contribution in [1.82, 2.24) is 0 Å². The summed E-state index contributed by atoms with van der Waals surface area (Å²) in [6.45, 7) is 0. The molecule has 0 radical (unpaired) electrons. The van der Waals surface area contributed by atoms with Crippen LogP contribution >= 0.6 is 15.9 Å². The van der Waals surface area contributed by atoms with Gasteiger partial charge in [-0.25, -0.2) is 8.42 Å². The lowest BCUT2D eigenvalue weighted by Gasteiger charge is -2.12. The molecule has 5 nitrogen and oxygen atoms in total. The average molecular weight is 499 g/mol. The van der Waals surface area contributed by atoms with Crippen LogP contribution in [0, 0.1) is 0 Å². The summed E-state index contributed by atoms with van der Waals surface area (Å²) in [6, 6.07) is 16.0. The summed E-state index contributed by atoms with van der Waals surface area (Å²) in [5.41, 5.74) is -0.639. The molecule has 0 aromatic heterocycles. The van der Waals surface area contributed by atoms with Crippen molar-refractivity contribution in [3.05, 3.63) is 88.4 Å². The molecule has 10 heteroatoms. The maximum Gasteiger partial charge on any atom is 0.416 e.